The van der Waals surface area contributed by atoms with Crippen LogP contribution in [0.2, 0.25) is 0 Å². The Bertz CT molecular complexity index is 472. The summed E-state index contributed by atoms with van der Waals surface area (Å²) in [6.45, 7) is 2.35. The monoisotopic (exact) mass is 269 g/mol. The molecule has 0 aliphatic carbocycles. The number of hydrogen-bond acceptors (Lipinski definition) is 5. The first-order chi connectivity index (χ1) is 9.06. The second kappa shape index (κ2) is 7.52. The first kappa shape index (κ1) is 15.2. The molecule has 1 unspecified atom stereocenters. The maximum Gasteiger partial charge on any atom is 0.326 e. The molecule has 1 aromatic rings. The number of rotatable bonds is 8. The van der Waals surface area contributed by atoms with Gasteiger partial charge in [0.15, 0.2) is 0 Å². The van der Waals surface area contributed by atoms with Gasteiger partial charge in [0.1, 0.15) is 17.7 Å². The lowest BCUT2D eigenvalue weighted by molar-refractivity contribution is -0.138. The lowest BCUT2D eigenvalue weighted by atomic mass is 10.1. The summed E-state index contributed by atoms with van der Waals surface area (Å²) >= 11 is 0. The van der Waals surface area contributed by atoms with E-state index in [-0.39, 0.29) is 11.4 Å². The highest BCUT2D eigenvalue weighted by Crippen LogP contribution is 2.07. The smallest absolute Gasteiger partial charge is 0.326 e. The number of aromatic amines is 1. The number of aryl methyl sites for hydroxylation is 1. The van der Waals surface area contributed by atoms with Crippen molar-refractivity contribution in [3.05, 3.63) is 22.2 Å². The van der Waals surface area contributed by atoms with Crippen LogP contribution in [0.3, 0.4) is 0 Å². The van der Waals surface area contributed by atoms with Gasteiger partial charge in [-0.15, -0.1) is 0 Å². The molecule has 1 heterocycles. The highest BCUT2D eigenvalue weighted by molar-refractivity contribution is 5.76. The molecule has 0 aliphatic rings. The van der Waals surface area contributed by atoms with Gasteiger partial charge >= 0.3 is 5.97 Å². The van der Waals surface area contributed by atoms with Crippen LogP contribution in [0.15, 0.2) is 10.9 Å². The third-order valence-corrected chi connectivity index (χ3v) is 2.59. The van der Waals surface area contributed by atoms with Crippen molar-refractivity contribution in [2.75, 3.05) is 19.0 Å². The molecule has 0 bridgehead atoms. The Morgan fingerprint density at radius 3 is 2.95 bits per heavy atom. The standard InChI is InChI=1S/C12H19N3O4/c1-3-9-14-10(7-11(16)15-9)13-8(12(17)18)5-4-6-19-2/h7-8H,3-6H2,1-2H3,(H,17,18)(H2,13,14,15,16). The van der Waals surface area contributed by atoms with Crippen molar-refractivity contribution in [1.29, 1.82) is 0 Å². The molecule has 0 aliphatic heterocycles. The Morgan fingerprint density at radius 1 is 1.63 bits per heavy atom. The quantitative estimate of drug-likeness (QED) is 0.598. The van der Waals surface area contributed by atoms with E-state index in [2.05, 4.69) is 15.3 Å². The molecule has 0 saturated heterocycles. The Kier molecular flexibility index (Phi) is 6.01. The number of hydrogen-bond donors (Lipinski definition) is 3. The molecule has 0 fully saturated rings. The molecule has 0 aromatic carbocycles. The van der Waals surface area contributed by atoms with E-state index in [1.165, 1.54) is 6.07 Å². The molecule has 1 atom stereocenters. The van der Waals surface area contributed by atoms with Crippen LogP contribution >= 0.6 is 0 Å². The van der Waals surface area contributed by atoms with E-state index in [0.29, 0.717) is 31.7 Å². The molecule has 19 heavy (non-hydrogen) atoms. The normalized spacial score (nSPS) is 12.1. The van der Waals surface area contributed by atoms with E-state index in [4.69, 9.17) is 9.84 Å². The van der Waals surface area contributed by atoms with Crippen LogP contribution < -0.4 is 10.9 Å². The Hall–Kier alpha value is -1.89. The lowest BCUT2D eigenvalue weighted by Crippen LogP contribution is -2.30. The molecule has 0 radical (unpaired) electrons. The van der Waals surface area contributed by atoms with Crippen LogP contribution in [-0.4, -0.2) is 40.8 Å². The fourth-order valence-corrected chi connectivity index (χ4v) is 1.62. The molecule has 0 saturated carbocycles. The van der Waals surface area contributed by atoms with Gasteiger partial charge in [-0.25, -0.2) is 9.78 Å². The van der Waals surface area contributed by atoms with Crippen LogP contribution in [0.5, 0.6) is 0 Å². The second-order valence-electron chi connectivity index (χ2n) is 4.10. The number of ether oxygens (including phenoxy) is 1. The molecule has 106 valence electrons. The summed E-state index contributed by atoms with van der Waals surface area (Å²) < 4.78 is 4.89. The van der Waals surface area contributed by atoms with E-state index in [1.807, 2.05) is 6.92 Å². The van der Waals surface area contributed by atoms with Crippen molar-refractivity contribution >= 4 is 11.8 Å². The van der Waals surface area contributed by atoms with E-state index < -0.39 is 12.0 Å². The number of aromatic nitrogens is 2. The molecule has 1 aromatic heterocycles. The summed E-state index contributed by atoms with van der Waals surface area (Å²) in [5, 5.41) is 11.9. The number of carbonyl (C=O) groups is 1. The van der Waals surface area contributed by atoms with Gasteiger partial charge in [0.25, 0.3) is 5.56 Å². The van der Waals surface area contributed by atoms with Crippen LogP contribution in [-0.2, 0) is 16.0 Å². The number of nitrogens with one attached hydrogen (secondary N) is 2. The molecular weight excluding hydrogens is 250 g/mol. The highest BCUT2D eigenvalue weighted by atomic mass is 16.5. The second-order valence-corrected chi connectivity index (χ2v) is 4.10. The van der Waals surface area contributed by atoms with Gasteiger partial charge in [0.2, 0.25) is 0 Å². The average molecular weight is 269 g/mol. The zero-order chi connectivity index (χ0) is 14.3. The van der Waals surface area contributed by atoms with Crippen molar-refractivity contribution in [3.63, 3.8) is 0 Å². The summed E-state index contributed by atoms with van der Waals surface area (Å²) in [6, 6.07) is 0.472. The maximum atomic E-state index is 11.4. The SMILES string of the molecule is CCc1nc(NC(CCCOC)C(=O)O)cc(=O)[nH]1. The summed E-state index contributed by atoms with van der Waals surface area (Å²) in [5.41, 5.74) is -0.296. The summed E-state index contributed by atoms with van der Waals surface area (Å²) in [6.07, 6.45) is 1.59. The summed E-state index contributed by atoms with van der Waals surface area (Å²) in [5.74, 6) is -0.169. The average Bonchev–Trinajstić information content (AvgIpc) is 2.37. The molecule has 0 amide bonds. The van der Waals surface area contributed by atoms with E-state index in [9.17, 15) is 9.59 Å². The maximum absolute atomic E-state index is 11.4. The third-order valence-electron chi connectivity index (χ3n) is 2.59. The van der Waals surface area contributed by atoms with Crippen molar-refractivity contribution in [3.8, 4) is 0 Å². The first-order valence-electron chi connectivity index (χ1n) is 6.15. The Labute approximate surface area is 111 Å². The largest absolute Gasteiger partial charge is 0.480 e. The van der Waals surface area contributed by atoms with Gasteiger partial charge in [0.05, 0.1) is 0 Å². The minimum Gasteiger partial charge on any atom is -0.480 e. The fourth-order valence-electron chi connectivity index (χ4n) is 1.62. The van der Waals surface area contributed by atoms with Gasteiger partial charge in [-0.05, 0) is 12.8 Å². The van der Waals surface area contributed by atoms with Crippen molar-refractivity contribution in [2.24, 2.45) is 0 Å². The summed E-state index contributed by atoms with van der Waals surface area (Å²) in [7, 11) is 1.56. The summed E-state index contributed by atoms with van der Waals surface area (Å²) in [4.78, 5) is 29.2. The minimum atomic E-state index is -0.976. The minimum absolute atomic E-state index is 0.283. The number of methoxy groups -OCH3 is 1. The lowest BCUT2D eigenvalue weighted by Gasteiger charge is -2.15. The number of H-pyrrole nitrogens is 1. The van der Waals surface area contributed by atoms with Crippen LogP contribution in [0.1, 0.15) is 25.6 Å². The van der Waals surface area contributed by atoms with Gasteiger partial charge < -0.3 is 20.1 Å². The molecule has 1 rings (SSSR count). The van der Waals surface area contributed by atoms with Crippen molar-refractivity contribution in [1.82, 2.24) is 9.97 Å². The number of nitrogens with zero attached hydrogens (tertiary/aromatic N) is 1. The number of aliphatic carboxylic acids is 1. The third kappa shape index (κ3) is 5.09. The van der Waals surface area contributed by atoms with E-state index in [0.717, 1.165) is 0 Å². The van der Waals surface area contributed by atoms with Gasteiger partial charge in [-0.3, -0.25) is 4.79 Å². The highest BCUT2D eigenvalue weighted by Gasteiger charge is 2.17. The number of carboxylic acids is 1. The predicted molar refractivity (Wildman–Crippen MR) is 70.4 cm³/mol. The van der Waals surface area contributed by atoms with Gasteiger partial charge in [-0.1, -0.05) is 6.92 Å². The van der Waals surface area contributed by atoms with Crippen molar-refractivity contribution in [2.45, 2.75) is 32.2 Å². The molecular formula is C12H19N3O4. The fraction of sp³-hybridized carbons (Fsp3) is 0.583. The van der Waals surface area contributed by atoms with E-state index >= 15 is 0 Å². The zero-order valence-electron chi connectivity index (χ0n) is 11.1. The molecule has 7 heteroatoms. The molecule has 7 nitrogen and oxygen atoms in total. The van der Waals surface area contributed by atoms with Crippen molar-refractivity contribution < 1.29 is 14.6 Å². The topological polar surface area (TPSA) is 104 Å². The first-order valence-corrected chi connectivity index (χ1v) is 6.15. The van der Waals surface area contributed by atoms with Crippen LogP contribution in [0.4, 0.5) is 5.82 Å². The zero-order valence-corrected chi connectivity index (χ0v) is 11.1. The molecule has 0 spiro atoms. The van der Waals surface area contributed by atoms with Crippen LogP contribution in [0.25, 0.3) is 0 Å². The van der Waals surface area contributed by atoms with Gasteiger partial charge in [-0.2, -0.15) is 0 Å². The number of carboxylic acid groups (broad SMARTS) is 1. The van der Waals surface area contributed by atoms with E-state index in [1.54, 1.807) is 7.11 Å². The molecule has 3 N–H and O–H groups in total. The Morgan fingerprint density at radius 2 is 2.37 bits per heavy atom. The van der Waals surface area contributed by atoms with Gasteiger partial charge in [0, 0.05) is 26.2 Å². The predicted octanol–water partition coefficient (Wildman–Crippen LogP) is 0.624. The Balaban J connectivity index is 2.75. The number of anilines is 1. The van der Waals surface area contributed by atoms with Crippen LogP contribution in [0, 0.1) is 0 Å².